The Morgan fingerprint density at radius 3 is 2.47 bits per heavy atom. The third-order valence-corrected chi connectivity index (χ3v) is 5.56. The average Bonchev–Trinajstić information content (AvgIpc) is 2.73. The summed E-state index contributed by atoms with van der Waals surface area (Å²) in [5.41, 5.74) is 1.55. The van der Waals surface area contributed by atoms with Gasteiger partial charge in [0.1, 0.15) is 28.7 Å². The van der Waals surface area contributed by atoms with Gasteiger partial charge in [0, 0.05) is 16.5 Å². The zero-order valence-electron chi connectivity index (χ0n) is 15.9. The standard InChI is InChI=1S/C21H18ClF3IN3O/c1-2-17-19(22)20(29-12-28-17)27-11-13-3-6-16(7-4-13)30-18-8-5-15(21(23,24)25)9-14(18)10-26/h3-9,12H,2,10-11H2,1H3,(H,27,28,29). The quantitative estimate of drug-likeness (QED) is 0.254. The number of alkyl halides is 4. The maximum atomic E-state index is 12.9. The van der Waals surface area contributed by atoms with E-state index in [4.69, 9.17) is 16.3 Å². The summed E-state index contributed by atoms with van der Waals surface area (Å²) in [7, 11) is 0. The van der Waals surface area contributed by atoms with Gasteiger partial charge >= 0.3 is 6.18 Å². The third-order valence-electron chi connectivity index (χ3n) is 4.34. The Morgan fingerprint density at radius 2 is 1.83 bits per heavy atom. The minimum atomic E-state index is -4.38. The van der Waals surface area contributed by atoms with Crippen molar-refractivity contribution in [3.8, 4) is 11.5 Å². The normalized spacial score (nSPS) is 11.4. The number of halogens is 5. The van der Waals surface area contributed by atoms with Gasteiger partial charge in [-0.3, -0.25) is 0 Å². The van der Waals surface area contributed by atoms with E-state index in [0.717, 1.165) is 23.4 Å². The Bertz CT molecular complexity index is 1010. The van der Waals surface area contributed by atoms with Crippen LogP contribution in [0.25, 0.3) is 0 Å². The van der Waals surface area contributed by atoms with Crippen LogP contribution in [0.2, 0.25) is 5.02 Å². The number of anilines is 1. The van der Waals surface area contributed by atoms with E-state index in [2.05, 4.69) is 15.3 Å². The van der Waals surface area contributed by atoms with Gasteiger partial charge in [0.2, 0.25) is 0 Å². The molecular formula is C21H18ClF3IN3O. The van der Waals surface area contributed by atoms with Crippen LogP contribution in [-0.4, -0.2) is 9.97 Å². The first-order chi connectivity index (χ1) is 14.3. The van der Waals surface area contributed by atoms with Crippen molar-refractivity contribution >= 4 is 40.0 Å². The van der Waals surface area contributed by atoms with Crippen LogP contribution in [-0.2, 0) is 23.6 Å². The molecule has 0 aliphatic heterocycles. The molecule has 0 saturated carbocycles. The molecular weight excluding hydrogens is 530 g/mol. The lowest BCUT2D eigenvalue weighted by Gasteiger charge is -2.14. The molecule has 0 aliphatic carbocycles. The molecule has 1 heterocycles. The predicted octanol–water partition coefficient (Wildman–Crippen LogP) is 7.05. The van der Waals surface area contributed by atoms with E-state index in [1.54, 1.807) is 12.1 Å². The van der Waals surface area contributed by atoms with Gasteiger partial charge in [0.25, 0.3) is 0 Å². The second-order valence-electron chi connectivity index (χ2n) is 6.39. The molecule has 0 bridgehead atoms. The summed E-state index contributed by atoms with van der Waals surface area (Å²) in [5, 5.41) is 3.69. The summed E-state index contributed by atoms with van der Waals surface area (Å²) >= 11 is 8.30. The van der Waals surface area contributed by atoms with Crippen LogP contribution in [0.15, 0.2) is 48.8 Å². The minimum Gasteiger partial charge on any atom is -0.457 e. The van der Waals surface area contributed by atoms with Crippen molar-refractivity contribution in [1.82, 2.24) is 9.97 Å². The van der Waals surface area contributed by atoms with E-state index in [9.17, 15) is 13.2 Å². The second-order valence-corrected chi connectivity index (χ2v) is 7.53. The molecule has 0 fully saturated rings. The zero-order chi connectivity index (χ0) is 21.7. The third kappa shape index (κ3) is 5.54. The zero-order valence-corrected chi connectivity index (χ0v) is 18.8. The van der Waals surface area contributed by atoms with Crippen molar-refractivity contribution < 1.29 is 17.9 Å². The van der Waals surface area contributed by atoms with E-state index in [1.165, 1.54) is 12.4 Å². The molecule has 0 amide bonds. The van der Waals surface area contributed by atoms with Gasteiger partial charge in [0.15, 0.2) is 0 Å². The van der Waals surface area contributed by atoms with Crippen LogP contribution < -0.4 is 10.1 Å². The molecule has 0 aliphatic rings. The minimum absolute atomic E-state index is 0.401. The van der Waals surface area contributed by atoms with Crippen molar-refractivity contribution in [3.05, 3.63) is 76.2 Å². The number of rotatable bonds is 7. The van der Waals surface area contributed by atoms with Crippen molar-refractivity contribution in [2.45, 2.75) is 30.5 Å². The SMILES string of the molecule is CCc1ncnc(NCc2ccc(Oc3ccc(C(F)(F)F)cc3CI)cc2)c1Cl. The molecule has 0 atom stereocenters. The molecule has 9 heteroatoms. The summed E-state index contributed by atoms with van der Waals surface area (Å²) in [4.78, 5) is 8.29. The molecule has 1 N–H and O–H groups in total. The summed E-state index contributed by atoms with van der Waals surface area (Å²) in [6.07, 6.45) is -2.19. The van der Waals surface area contributed by atoms with Gasteiger partial charge in [0.05, 0.1) is 11.3 Å². The lowest BCUT2D eigenvalue weighted by molar-refractivity contribution is -0.137. The van der Waals surface area contributed by atoms with E-state index in [1.807, 2.05) is 41.6 Å². The van der Waals surface area contributed by atoms with E-state index in [0.29, 0.717) is 45.3 Å². The highest BCUT2D eigenvalue weighted by molar-refractivity contribution is 14.1. The number of hydrogen-bond donors (Lipinski definition) is 1. The van der Waals surface area contributed by atoms with Crippen molar-refractivity contribution in [3.63, 3.8) is 0 Å². The highest BCUT2D eigenvalue weighted by atomic mass is 127. The lowest BCUT2D eigenvalue weighted by atomic mass is 10.1. The average molecular weight is 548 g/mol. The molecule has 30 heavy (non-hydrogen) atoms. The van der Waals surface area contributed by atoms with Gasteiger partial charge in [-0.2, -0.15) is 13.2 Å². The Labute approximate surface area is 191 Å². The van der Waals surface area contributed by atoms with Crippen molar-refractivity contribution in [2.75, 3.05) is 5.32 Å². The molecule has 0 spiro atoms. The number of hydrogen-bond acceptors (Lipinski definition) is 4. The van der Waals surface area contributed by atoms with E-state index < -0.39 is 11.7 Å². The first-order valence-corrected chi connectivity index (χ1v) is 11.0. The highest BCUT2D eigenvalue weighted by Crippen LogP contribution is 2.35. The largest absolute Gasteiger partial charge is 0.457 e. The summed E-state index contributed by atoms with van der Waals surface area (Å²) in [6.45, 7) is 2.47. The predicted molar refractivity (Wildman–Crippen MR) is 119 cm³/mol. The van der Waals surface area contributed by atoms with Gasteiger partial charge in [-0.25, -0.2) is 9.97 Å². The Morgan fingerprint density at radius 1 is 1.10 bits per heavy atom. The summed E-state index contributed by atoms with van der Waals surface area (Å²) < 4.78 is 44.9. The monoisotopic (exact) mass is 547 g/mol. The number of aromatic nitrogens is 2. The molecule has 1 aromatic heterocycles. The van der Waals surface area contributed by atoms with E-state index in [-0.39, 0.29) is 0 Å². The fourth-order valence-corrected chi connectivity index (χ4v) is 3.62. The first kappa shape index (κ1) is 22.6. The smallest absolute Gasteiger partial charge is 0.416 e. The molecule has 158 valence electrons. The van der Waals surface area contributed by atoms with Gasteiger partial charge in [-0.15, -0.1) is 0 Å². The summed E-state index contributed by atoms with van der Waals surface area (Å²) in [5.74, 6) is 1.52. The first-order valence-electron chi connectivity index (χ1n) is 9.08. The number of nitrogens with zero attached hydrogens (tertiary/aromatic N) is 2. The number of aryl methyl sites for hydroxylation is 1. The van der Waals surface area contributed by atoms with Crippen LogP contribution in [0, 0.1) is 0 Å². The number of nitrogens with one attached hydrogen (secondary N) is 1. The topological polar surface area (TPSA) is 47.0 Å². The maximum Gasteiger partial charge on any atom is 0.416 e. The molecule has 0 unspecified atom stereocenters. The second kappa shape index (κ2) is 9.82. The molecule has 2 aromatic carbocycles. The molecule has 4 nitrogen and oxygen atoms in total. The van der Waals surface area contributed by atoms with Gasteiger partial charge < -0.3 is 10.1 Å². The Hall–Kier alpha value is -2.07. The Balaban J connectivity index is 1.68. The molecule has 3 aromatic rings. The number of ether oxygens (including phenoxy) is 1. The van der Waals surface area contributed by atoms with Crippen LogP contribution in [0.1, 0.15) is 29.3 Å². The van der Waals surface area contributed by atoms with Crippen LogP contribution in [0.4, 0.5) is 19.0 Å². The van der Waals surface area contributed by atoms with Gasteiger partial charge in [-0.1, -0.05) is 53.2 Å². The van der Waals surface area contributed by atoms with E-state index >= 15 is 0 Å². The van der Waals surface area contributed by atoms with Gasteiger partial charge in [-0.05, 0) is 42.3 Å². The summed E-state index contributed by atoms with van der Waals surface area (Å²) in [6, 6.07) is 10.8. The fourth-order valence-electron chi connectivity index (χ4n) is 2.72. The lowest BCUT2D eigenvalue weighted by Crippen LogP contribution is -2.05. The van der Waals surface area contributed by atoms with Crippen LogP contribution in [0.3, 0.4) is 0 Å². The van der Waals surface area contributed by atoms with Crippen molar-refractivity contribution in [2.24, 2.45) is 0 Å². The molecule has 3 rings (SSSR count). The Kier molecular flexibility index (Phi) is 7.41. The number of benzene rings is 2. The maximum absolute atomic E-state index is 12.9. The van der Waals surface area contributed by atoms with Crippen LogP contribution in [0.5, 0.6) is 11.5 Å². The van der Waals surface area contributed by atoms with Crippen LogP contribution >= 0.6 is 34.2 Å². The van der Waals surface area contributed by atoms with Crippen molar-refractivity contribution in [1.29, 1.82) is 0 Å². The highest BCUT2D eigenvalue weighted by Gasteiger charge is 2.31. The fraction of sp³-hybridized carbons (Fsp3) is 0.238. The molecule has 0 saturated heterocycles. The molecule has 0 radical (unpaired) electrons.